The average Bonchev–Trinajstić information content (AvgIpc) is 3.57. The number of fused-ring (bicyclic) bond motifs is 6. The highest BCUT2D eigenvalue weighted by atomic mass is 16.8. The second kappa shape index (κ2) is 12.3. The molecule has 11 unspecified atom stereocenters. The molecule has 8 aliphatic rings. The smallest absolute Gasteiger partial charge is 0.327 e. The lowest BCUT2D eigenvalue weighted by atomic mass is 9.52. The maximum Gasteiger partial charge on any atom is 0.327 e. The summed E-state index contributed by atoms with van der Waals surface area (Å²) in [7, 11) is 0. The van der Waals surface area contributed by atoms with Crippen LogP contribution in [0.3, 0.4) is 0 Å². The van der Waals surface area contributed by atoms with E-state index < -0.39 is 47.9 Å². The quantitative estimate of drug-likeness (QED) is 0.322. The zero-order valence-electron chi connectivity index (χ0n) is 29.9. The van der Waals surface area contributed by atoms with Gasteiger partial charge in [-0.3, -0.25) is 19.2 Å². The van der Waals surface area contributed by atoms with Crippen LogP contribution in [0.15, 0.2) is 29.8 Å². The van der Waals surface area contributed by atoms with E-state index in [9.17, 15) is 19.5 Å². The van der Waals surface area contributed by atoms with Crippen molar-refractivity contribution in [1.29, 1.82) is 0 Å². The summed E-state index contributed by atoms with van der Waals surface area (Å²) >= 11 is 0. The van der Waals surface area contributed by atoms with Gasteiger partial charge in [-0.2, -0.15) is 5.06 Å². The Balaban J connectivity index is 1.04. The molecule has 9 rings (SSSR count). The Morgan fingerprint density at radius 3 is 2.73 bits per heavy atom. The molecule has 51 heavy (non-hydrogen) atoms. The van der Waals surface area contributed by atoms with Gasteiger partial charge in [0.25, 0.3) is 0 Å². The van der Waals surface area contributed by atoms with Crippen molar-refractivity contribution in [2.75, 3.05) is 26.5 Å². The first kappa shape index (κ1) is 33.9. The maximum absolute atomic E-state index is 15.0. The number of carbonyl (C=O) groups excluding carboxylic acids is 3. The summed E-state index contributed by atoms with van der Waals surface area (Å²) in [5, 5.41) is 13.7. The van der Waals surface area contributed by atoms with E-state index in [1.807, 2.05) is 12.1 Å². The molecule has 8 fully saturated rings. The number of hydrogen-bond donors (Lipinski definition) is 2. The number of carbonyl (C=O) groups is 3. The van der Waals surface area contributed by atoms with E-state index >= 15 is 0 Å². The van der Waals surface area contributed by atoms with Gasteiger partial charge in [-0.1, -0.05) is 49.8 Å². The Labute approximate surface area is 299 Å². The third kappa shape index (κ3) is 5.34. The molecule has 0 aromatic heterocycles. The fraction of sp³-hybridized carbons (Fsp3) is 0.718. The van der Waals surface area contributed by atoms with Crippen LogP contribution in [0.2, 0.25) is 0 Å². The standard InChI is InChI=1S/C39H51N3O9/c1-37(2)18-25-23(10-11-29-38(3,50-29)13-12-26(25)37)17-22-7-4-5-8-24(22)20-42-32-35(45)49-28-19-39(32,33(51-42)31-30(28)47-21-48-31)36(46)41-15-6-9-27(41)34(44)40-14-16-43/h4-5,7-8,17,25-33,43H,6,9-16,18-21H2,1-3H3,(H,40,44). The van der Waals surface area contributed by atoms with Crippen LogP contribution < -0.4 is 5.32 Å². The van der Waals surface area contributed by atoms with Gasteiger partial charge in [0.15, 0.2) is 6.04 Å². The normalized spacial score (nSPS) is 42.8. The van der Waals surface area contributed by atoms with Crippen LogP contribution in [0.4, 0.5) is 0 Å². The van der Waals surface area contributed by atoms with E-state index in [1.165, 1.54) is 18.4 Å². The largest absolute Gasteiger partial charge is 0.458 e. The number of aliphatic hydroxyl groups excluding tert-OH is 1. The number of epoxide rings is 1. The van der Waals surface area contributed by atoms with Gasteiger partial charge in [0.2, 0.25) is 11.8 Å². The van der Waals surface area contributed by atoms with Crippen molar-refractivity contribution in [3.05, 3.63) is 41.0 Å². The fourth-order valence-corrected chi connectivity index (χ4v) is 11.1. The number of amides is 2. The minimum atomic E-state index is -1.32. The number of esters is 1. The van der Waals surface area contributed by atoms with Crippen molar-refractivity contribution in [2.24, 2.45) is 22.7 Å². The van der Waals surface area contributed by atoms with E-state index in [4.69, 9.17) is 23.8 Å². The molecule has 5 heterocycles. The number of benzene rings is 1. The summed E-state index contributed by atoms with van der Waals surface area (Å²) in [6.07, 6.45) is 6.93. The lowest BCUT2D eigenvalue weighted by Gasteiger charge is -2.53. The Bertz CT molecular complexity index is 1630. The third-order valence-corrected chi connectivity index (χ3v) is 13.8. The molecule has 0 radical (unpaired) electrons. The molecule has 2 amide bonds. The molecule has 2 bridgehead atoms. The number of nitrogens with zero attached hydrogens (tertiary/aromatic N) is 2. The van der Waals surface area contributed by atoms with Crippen LogP contribution in [-0.2, 0) is 44.7 Å². The van der Waals surface area contributed by atoms with Crippen molar-refractivity contribution in [2.45, 2.75) is 127 Å². The first-order chi connectivity index (χ1) is 24.5. The van der Waals surface area contributed by atoms with Gasteiger partial charge in [0, 0.05) is 19.5 Å². The molecule has 2 N–H and O–H groups in total. The van der Waals surface area contributed by atoms with Crippen molar-refractivity contribution < 1.29 is 43.3 Å². The highest BCUT2D eigenvalue weighted by Crippen LogP contribution is 2.60. The van der Waals surface area contributed by atoms with Crippen molar-refractivity contribution in [3.63, 3.8) is 0 Å². The number of aliphatic hydroxyl groups is 1. The van der Waals surface area contributed by atoms with Gasteiger partial charge >= 0.3 is 5.97 Å². The molecule has 3 saturated carbocycles. The number of hydroxylamine groups is 2. The molecule has 12 nitrogen and oxygen atoms in total. The summed E-state index contributed by atoms with van der Waals surface area (Å²) in [4.78, 5) is 50.6. The van der Waals surface area contributed by atoms with Crippen molar-refractivity contribution >= 4 is 23.9 Å². The number of allylic oxidation sites excluding steroid dienone is 1. The number of nitrogens with one attached hydrogen (secondary N) is 1. The fourth-order valence-electron chi connectivity index (χ4n) is 11.1. The molecule has 3 aliphatic carbocycles. The first-order valence-electron chi connectivity index (χ1n) is 19.1. The predicted molar refractivity (Wildman–Crippen MR) is 182 cm³/mol. The average molecular weight is 706 g/mol. The number of rotatable bonds is 7. The summed E-state index contributed by atoms with van der Waals surface area (Å²) in [6.45, 7) is 7.66. The third-order valence-electron chi connectivity index (χ3n) is 13.8. The van der Waals surface area contributed by atoms with Gasteiger partial charge in [0.05, 0.1) is 24.9 Å². The van der Waals surface area contributed by atoms with Crippen LogP contribution in [-0.4, -0.2) is 108 Å². The molecule has 0 spiro atoms. The van der Waals surface area contributed by atoms with E-state index in [-0.39, 0.29) is 50.3 Å². The highest BCUT2D eigenvalue weighted by molar-refractivity contribution is 5.96. The summed E-state index contributed by atoms with van der Waals surface area (Å²) in [5.41, 5.74) is 2.53. The van der Waals surface area contributed by atoms with Gasteiger partial charge in [-0.25, -0.2) is 0 Å². The summed E-state index contributed by atoms with van der Waals surface area (Å²) in [5.74, 6) is 0.0353. The monoisotopic (exact) mass is 705 g/mol. The predicted octanol–water partition coefficient (Wildman–Crippen LogP) is 3.10. The Kier molecular flexibility index (Phi) is 8.21. The van der Waals surface area contributed by atoms with Gasteiger partial charge in [-0.15, -0.1) is 0 Å². The van der Waals surface area contributed by atoms with Crippen molar-refractivity contribution in [3.8, 4) is 0 Å². The molecular formula is C39H51N3O9. The Hall–Kier alpha value is -2.87. The van der Waals surface area contributed by atoms with Gasteiger partial charge in [-0.05, 0) is 80.2 Å². The number of hydrogen-bond acceptors (Lipinski definition) is 10. The highest BCUT2D eigenvalue weighted by Gasteiger charge is 2.75. The molecule has 1 aromatic carbocycles. The van der Waals surface area contributed by atoms with E-state index in [1.54, 1.807) is 9.96 Å². The lowest BCUT2D eigenvalue weighted by Crippen LogP contribution is -2.70. The Morgan fingerprint density at radius 2 is 1.90 bits per heavy atom. The molecule has 5 saturated heterocycles. The maximum atomic E-state index is 15.0. The summed E-state index contributed by atoms with van der Waals surface area (Å²) in [6, 6.07) is 6.54. The number of ether oxygens (including phenoxy) is 4. The molecule has 5 aliphatic heterocycles. The summed E-state index contributed by atoms with van der Waals surface area (Å²) < 4.78 is 24.2. The van der Waals surface area contributed by atoms with Crippen molar-refractivity contribution in [1.82, 2.24) is 15.3 Å². The lowest BCUT2D eigenvalue weighted by molar-refractivity contribution is -0.204. The number of likely N-dealkylation sites (tertiary alicyclic amines) is 1. The molecule has 1 aromatic rings. The van der Waals surface area contributed by atoms with E-state index in [0.717, 1.165) is 30.4 Å². The molecule has 276 valence electrons. The second-order valence-electron chi connectivity index (χ2n) is 17.1. The minimum Gasteiger partial charge on any atom is -0.458 e. The van der Waals surface area contributed by atoms with E-state index in [2.05, 4.69) is 44.3 Å². The van der Waals surface area contributed by atoms with Crippen LogP contribution in [0, 0.1) is 22.7 Å². The zero-order chi connectivity index (χ0) is 35.3. The van der Waals surface area contributed by atoms with Crippen LogP contribution >= 0.6 is 0 Å². The molecule has 12 heteroatoms. The molecular weight excluding hydrogens is 654 g/mol. The van der Waals surface area contributed by atoms with Crippen LogP contribution in [0.1, 0.15) is 83.3 Å². The van der Waals surface area contributed by atoms with E-state index in [0.29, 0.717) is 42.7 Å². The second-order valence-corrected chi connectivity index (χ2v) is 17.1. The van der Waals surface area contributed by atoms with Gasteiger partial charge < -0.3 is 34.3 Å². The SMILES string of the molecule is CC1(C)CC2C(=Cc3ccccc3CN3OC4C5OCOC5C5CC4(C(=O)N4CCCC4C(=O)NCCO)C3C(=O)O5)CCC3OC3(C)CCC21. The Morgan fingerprint density at radius 1 is 1.08 bits per heavy atom. The van der Waals surface area contributed by atoms with Crippen LogP contribution in [0.25, 0.3) is 6.08 Å². The van der Waals surface area contributed by atoms with Crippen LogP contribution in [0.5, 0.6) is 0 Å². The minimum absolute atomic E-state index is 0.0137. The topological polar surface area (TPSA) is 139 Å². The van der Waals surface area contributed by atoms with Gasteiger partial charge in [0.1, 0.15) is 42.7 Å². The molecule has 11 atom stereocenters. The zero-order valence-corrected chi connectivity index (χ0v) is 29.9. The first-order valence-corrected chi connectivity index (χ1v) is 19.1.